The molecule has 0 atom stereocenters. The fraction of sp³-hybridized carbons (Fsp3) is 0.375. The van der Waals surface area contributed by atoms with Crippen molar-refractivity contribution in [3.8, 4) is 40.6 Å². The molecule has 0 aliphatic carbocycles. The number of ether oxygens (including phenoxy) is 6. The number of carbonyl (C=O) groups is 4. The van der Waals surface area contributed by atoms with Crippen LogP contribution in [-0.4, -0.2) is 118 Å². The third-order valence-corrected chi connectivity index (χ3v) is 10.7. The summed E-state index contributed by atoms with van der Waals surface area (Å²) in [7, 11) is 6.28. The second-order valence-electron chi connectivity index (χ2n) is 14.4. The van der Waals surface area contributed by atoms with Crippen LogP contribution in [0.15, 0.2) is 84.9 Å². The second-order valence-corrected chi connectivity index (χ2v) is 15.2. The summed E-state index contributed by atoms with van der Waals surface area (Å²) in [5, 5.41) is 12.3. The van der Waals surface area contributed by atoms with Crippen LogP contribution in [0.2, 0.25) is 0 Å². The molecule has 0 bridgehead atoms. The molecule has 4 amide bonds. The number of alkyl halides is 1. The third kappa shape index (κ3) is 16.0. The van der Waals surface area contributed by atoms with E-state index in [1.807, 2.05) is 24.3 Å². The Morgan fingerprint density at radius 1 is 0.631 bits per heavy atom. The lowest BCUT2D eigenvalue weighted by Gasteiger charge is -2.34. The van der Waals surface area contributed by atoms with E-state index in [-0.39, 0.29) is 0 Å². The number of nitriles is 1. The highest BCUT2D eigenvalue weighted by Crippen LogP contribution is 2.28. The highest BCUT2D eigenvalue weighted by atomic mass is 79.9. The van der Waals surface area contributed by atoms with Crippen LogP contribution in [-0.2, 0) is 32.3 Å². The normalized spacial score (nSPS) is 13.2. The predicted molar refractivity (Wildman–Crippen MR) is 247 cm³/mol. The van der Waals surface area contributed by atoms with Gasteiger partial charge in [-0.3, -0.25) is 19.2 Å². The zero-order chi connectivity index (χ0) is 47.0. The van der Waals surface area contributed by atoms with Gasteiger partial charge in [0.25, 0.3) is 0 Å². The molecular formula is C48H55BrN6O10. The maximum absolute atomic E-state index is 12.6. The molecule has 2 aliphatic rings. The summed E-state index contributed by atoms with van der Waals surface area (Å²) >= 11 is 3.37. The van der Waals surface area contributed by atoms with Crippen molar-refractivity contribution in [3.05, 3.63) is 113 Å². The molecule has 6 rings (SSSR count). The first-order valence-electron chi connectivity index (χ1n) is 20.9. The Kier molecular flexibility index (Phi) is 21.2. The van der Waals surface area contributed by atoms with Crippen LogP contribution in [0, 0.1) is 17.9 Å². The highest BCUT2D eigenvalue weighted by molar-refractivity contribution is 9.09. The zero-order valence-electron chi connectivity index (χ0n) is 37.2. The van der Waals surface area contributed by atoms with E-state index in [9.17, 15) is 19.2 Å². The number of nitrogens with one attached hydrogen (secondary N) is 1. The molecule has 4 aromatic carbocycles. The summed E-state index contributed by atoms with van der Waals surface area (Å²) in [6, 6.07) is 27.0. The number of rotatable bonds is 19. The van der Waals surface area contributed by atoms with Gasteiger partial charge in [-0.2, -0.15) is 5.26 Å². The summed E-state index contributed by atoms with van der Waals surface area (Å²) in [4.78, 5) is 56.1. The molecule has 16 nitrogen and oxygen atoms in total. The van der Waals surface area contributed by atoms with Gasteiger partial charge in [0.15, 0.2) is 5.69 Å². The maximum atomic E-state index is 12.6. The van der Waals surface area contributed by atoms with E-state index in [2.05, 4.69) is 32.2 Å². The first-order chi connectivity index (χ1) is 31.6. The second kappa shape index (κ2) is 27.3. The van der Waals surface area contributed by atoms with Crippen LogP contribution in [0.25, 0.3) is 4.85 Å². The maximum Gasteiger partial charge on any atom is 0.312 e. The van der Waals surface area contributed by atoms with Crippen molar-refractivity contribution < 1.29 is 47.6 Å². The van der Waals surface area contributed by atoms with Gasteiger partial charge in [0.1, 0.15) is 34.5 Å². The Morgan fingerprint density at radius 2 is 1.12 bits per heavy atom. The summed E-state index contributed by atoms with van der Waals surface area (Å²) in [6.45, 7) is 11.1. The molecule has 0 radical (unpaired) electrons. The largest absolute Gasteiger partial charge is 0.497 e. The third-order valence-electron chi connectivity index (χ3n) is 10.1. The number of amides is 4. The smallest absolute Gasteiger partial charge is 0.312 e. The van der Waals surface area contributed by atoms with E-state index in [0.717, 1.165) is 54.5 Å². The monoisotopic (exact) mass is 954 g/mol. The van der Waals surface area contributed by atoms with Crippen molar-refractivity contribution in [1.29, 1.82) is 5.26 Å². The van der Waals surface area contributed by atoms with Gasteiger partial charge in [0.05, 0.1) is 59.9 Å². The number of piperazine rings is 2. The Morgan fingerprint density at radius 3 is 1.63 bits per heavy atom. The minimum Gasteiger partial charge on any atom is -0.497 e. The van der Waals surface area contributed by atoms with Crippen molar-refractivity contribution in [2.75, 3.05) is 79.7 Å². The molecule has 2 aliphatic heterocycles. The van der Waals surface area contributed by atoms with Crippen LogP contribution in [0.1, 0.15) is 42.4 Å². The molecule has 344 valence electrons. The average molecular weight is 956 g/mol. The quantitative estimate of drug-likeness (QED) is 0.0467. The zero-order valence-corrected chi connectivity index (χ0v) is 38.8. The molecule has 4 aromatic rings. The molecule has 0 unspecified atom stereocenters. The van der Waals surface area contributed by atoms with E-state index in [1.54, 1.807) is 98.9 Å². The van der Waals surface area contributed by atoms with Crippen molar-refractivity contribution in [1.82, 2.24) is 20.0 Å². The van der Waals surface area contributed by atoms with Gasteiger partial charge in [-0.15, -0.1) is 0 Å². The lowest BCUT2D eigenvalue weighted by atomic mass is 10.1. The molecule has 65 heavy (non-hydrogen) atoms. The molecule has 2 heterocycles. The van der Waals surface area contributed by atoms with E-state index < -0.39 is 23.6 Å². The van der Waals surface area contributed by atoms with Gasteiger partial charge in [-0.05, 0) is 86.3 Å². The number of nitrogens with zero attached hydrogens (tertiary/aromatic N) is 5. The molecule has 2 fully saturated rings. The average Bonchev–Trinajstić information content (AvgIpc) is 3.34. The van der Waals surface area contributed by atoms with Gasteiger partial charge in [0, 0.05) is 74.4 Å². The summed E-state index contributed by atoms with van der Waals surface area (Å²) < 4.78 is 32.1. The lowest BCUT2D eigenvalue weighted by molar-refractivity contribution is -0.156. The molecule has 17 heteroatoms. The number of carbonyl (C=O) groups excluding carboxylic acids is 4. The van der Waals surface area contributed by atoms with Crippen LogP contribution in [0.4, 0.5) is 5.69 Å². The standard InChI is InChI=1S/C24H27N3O5.C13H16N2O4.C11H12BrNO/c1-30-21-10-7-19(22(15-21)31-2)17-27-13-12-26(23(28)24(27)29)11-3-4-14-32-20-8-5-18(16-25)6-9-20;1-18-10-4-3-9(11(7-10)19-2)8-15-6-5-14-12(16)13(15)17;1-13-10-4-6-11(7-5-10)14-9-3-2-8-12/h5-10,15H,3-4,11-14,17H2,1-2H3;3-4,7H,5-6,8H2,1-2H3,(H,14,16);4-7H,2-3,8-9H2. The predicted octanol–water partition coefficient (Wildman–Crippen LogP) is 6.56. The van der Waals surface area contributed by atoms with Crippen LogP contribution < -0.4 is 33.7 Å². The van der Waals surface area contributed by atoms with Gasteiger partial charge in [0.2, 0.25) is 0 Å². The molecule has 0 saturated carbocycles. The number of hydrogen-bond donors (Lipinski definition) is 1. The first kappa shape index (κ1) is 50.7. The number of hydrogen-bond acceptors (Lipinski definition) is 11. The van der Waals surface area contributed by atoms with E-state index >= 15 is 0 Å². The minimum absolute atomic E-state index is 0.310. The van der Waals surface area contributed by atoms with Gasteiger partial charge in [-0.1, -0.05) is 28.1 Å². The van der Waals surface area contributed by atoms with Crippen molar-refractivity contribution in [2.45, 2.75) is 38.8 Å². The first-order valence-corrected chi connectivity index (χ1v) is 22.1. The number of unbranched alkanes of at least 4 members (excludes halogenated alkanes) is 2. The topological polar surface area (TPSA) is 174 Å². The van der Waals surface area contributed by atoms with E-state index in [1.165, 1.54) is 4.90 Å². The van der Waals surface area contributed by atoms with Crippen molar-refractivity contribution in [2.24, 2.45) is 0 Å². The fourth-order valence-electron chi connectivity index (χ4n) is 6.46. The molecule has 2 saturated heterocycles. The summed E-state index contributed by atoms with van der Waals surface area (Å²) in [5.41, 5.74) is 2.90. The van der Waals surface area contributed by atoms with Gasteiger partial charge < -0.3 is 48.4 Å². The van der Waals surface area contributed by atoms with E-state index in [4.69, 9.17) is 40.3 Å². The van der Waals surface area contributed by atoms with Crippen molar-refractivity contribution >= 4 is 45.2 Å². The Balaban J connectivity index is 0.000000237. The van der Waals surface area contributed by atoms with Gasteiger partial charge >= 0.3 is 23.6 Å². The Hall–Kier alpha value is -6.98. The number of methoxy groups -OCH3 is 4. The molecular weight excluding hydrogens is 900 g/mol. The Labute approximate surface area is 388 Å². The number of halogens is 1. The summed E-state index contributed by atoms with van der Waals surface area (Å²) in [5.74, 6) is 2.11. The lowest BCUT2D eigenvalue weighted by Crippen LogP contribution is -2.54. The van der Waals surface area contributed by atoms with Crippen LogP contribution in [0.3, 0.4) is 0 Å². The summed E-state index contributed by atoms with van der Waals surface area (Å²) in [6.07, 6.45) is 3.67. The molecule has 1 N–H and O–H groups in total. The minimum atomic E-state index is -0.557. The number of benzene rings is 4. The SMILES string of the molecule is COc1ccc(CN2CCN(CCCCOc3ccc(C#N)cc3)C(=O)C2=O)c(OC)c1.COc1ccc(CN2CCNC(=O)C2=O)c(OC)c1.[C-]#[N+]c1ccc(OCCCCBr)cc1. The van der Waals surface area contributed by atoms with E-state index in [0.29, 0.717) is 92.4 Å². The Bertz CT molecular complexity index is 2260. The van der Waals surface area contributed by atoms with Crippen LogP contribution in [0.5, 0.6) is 34.5 Å². The fourth-order valence-corrected chi connectivity index (χ4v) is 6.85. The van der Waals surface area contributed by atoms with Crippen LogP contribution >= 0.6 is 15.9 Å². The van der Waals surface area contributed by atoms with Gasteiger partial charge in [-0.25, -0.2) is 4.85 Å². The molecule has 0 spiro atoms. The highest BCUT2D eigenvalue weighted by Gasteiger charge is 2.32. The molecule has 0 aromatic heterocycles. The van der Waals surface area contributed by atoms with Crippen molar-refractivity contribution in [3.63, 3.8) is 0 Å².